The quantitative estimate of drug-likeness (QED) is 0.347. The van der Waals surface area contributed by atoms with Gasteiger partial charge in [0.1, 0.15) is 24.1 Å². The second-order valence-electron chi connectivity index (χ2n) is 9.64. The average molecular weight is 564 g/mol. The molecular formula is C27H32F3N5O3S. The smallest absolute Gasteiger partial charge is 0.405 e. The van der Waals surface area contributed by atoms with Gasteiger partial charge < -0.3 is 15.5 Å². The maximum Gasteiger partial charge on any atom is 0.405 e. The zero-order valence-corrected chi connectivity index (χ0v) is 22.2. The summed E-state index contributed by atoms with van der Waals surface area (Å²) >= 11 is 1.57. The van der Waals surface area contributed by atoms with Crippen LogP contribution in [-0.2, 0) is 22.6 Å². The minimum Gasteiger partial charge on any atom is -0.459 e. The standard InChI is InChI=1S/C27H32F3N5O3S/c28-27(29,30)18-33-26(37)22-17-34(16-21-8-9-23(38-21)24-6-3-13-39-24)11-12-35(22)20(5-1-7-25(31)36)14-19-4-2-10-32-15-19/h2-4,6,8-10,13,15,20,22H,1,5,7,11-12,14,16-18H2,(H2,31,36)(H,33,37). The number of thiophene rings is 1. The van der Waals surface area contributed by atoms with E-state index in [4.69, 9.17) is 10.2 Å². The number of halogens is 3. The topological polar surface area (TPSA) is 105 Å². The van der Waals surface area contributed by atoms with Crippen molar-refractivity contribution in [1.29, 1.82) is 0 Å². The molecule has 4 rings (SSSR count). The number of alkyl halides is 3. The third-order valence-electron chi connectivity index (χ3n) is 6.70. The average Bonchev–Trinajstić information content (AvgIpc) is 3.59. The van der Waals surface area contributed by atoms with Crippen LogP contribution < -0.4 is 11.1 Å². The van der Waals surface area contributed by atoms with Gasteiger partial charge >= 0.3 is 6.18 Å². The van der Waals surface area contributed by atoms with Gasteiger partial charge in [0.25, 0.3) is 0 Å². The fourth-order valence-electron chi connectivity index (χ4n) is 4.90. The Morgan fingerprint density at radius 3 is 2.74 bits per heavy atom. The second kappa shape index (κ2) is 13.2. The number of hydrogen-bond donors (Lipinski definition) is 2. The molecule has 2 atom stereocenters. The van der Waals surface area contributed by atoms with E-state index in [1.54, 1.807) is 23.7 Å². The van der Waals surface area contributed by atoms with Crippen molar-refractivity contribution in [2.24, 2.45) is 5.73 Å². The largest absolute Gasteiger partial charge is 0.459 e. The number of piperazine rings is 1. The monoisotopic (exact) mass is 563 g/mol. The van der Waals surface area contributed by atoms with Gasteiger partial charge in [-0.15, -0.1) is 11.3 Å². The lowest BCUT2D eigenvalue weighted by atomic mass is 9.96. The summed E-state index contributed by atoms with van der Waals surface area (Å²) in [7, 11) is 0. The van der Waals surface area contributed by atoms with Crippen molar-refractivity contribution in [3.05, 3.63) is 65.5 Å². The van der Waals surface area contributed by atoms with E-state index in [1.807, 2.05) is 51.6 Å². The maximum atomic E-state index is 13.2. The van der Waals surface area contributed by atoms with Crippen molar-refractivity contribution in [3.8, 4) is 10.6 Å². The van der Waals surface area contributed by atoms with Crippen LogP contribution in [0.25, 0.3) is 10.6 Å². The molecule has 1 saturated heterocycles. The first-order valence-electron chi connectivity index (χ1n) is 12.8. The zero-order valence-electron chi connectivity index (χ0n) is 21.4. The first kappa shape index (κ1) is 28.8. The van der Waals surface area contributed by atoms with Crippen molar-refractivity contribution in [2.75, 3.05) is 26.2 Å². The lowest BCUT2D eigenvalue weighted by molar-refractivity contribution is -0.144. The molecule has 39 heavy (non-hydrogen) atoms. The van der Waals surface area contributed by atoms with Crippen LogP contribution in [0.1, 0.15) is 30.6 Å². The molecule has 0 radical (unpaired) electrons. The molecule has 0 aliphatic carbocycles. The maximum absolute atomic E-state index is 13.2. The number of hydrogen-bond acceptors (Lipinski definition) is 7. The Bertz CT molecular complexity index is 1200. The number of carbonyl (C=O) groups excluding carboxylic acids is 2. The molecule has 1 aliphatic rings. The fraction of sp³-hybridized carbons (Fsp3) is 0.444. The Morgan fingerprint density at radius 2 is 2.05 bits per heavy atom. The van der Waals surface area contributed by atoms with Gasteiger partial charge in [0.2, 0.25) is 11.8 Å². The number of pyridine rings is 1. The van der Waals surface area contributed by atoms with Crippen molar-refractivity contribution in [2.45, 2.75) is 50.5 Å². The lowest BCUT2D eigenvalue weighted by Crippen LogP contribution is -2.62. The van der Waals surface area contributed by atoms with Crippen LogP contribution in [0.3, 0.4) is 0 Å². The van der Waals surface area contributed by atoms with E-state index in [0.717, 1.165) is 22.0 Å². The third kappa shape index (κ3) is 8.64. The van der Waals surface area contributed by atoms with Crippen molar-refractivity contribution >= 4 is 23.2 Å². The summed E-state index contributed by atoms with van der Waals surface area (Å²) in [5, 5.41) is 4.05. The van der Waals surface area contributed by atoms with E-state index >= 15 is 0 Å². The van der Waals surface area contributed by atoms with E-state index in [1.165, 1.54) is 0 Å². The Morgan fingerprint density at radius 1 is 1.21 bits per heavy atom. The second-order valence-corrected chi connectivity index (χ2v) is 10.6. The molecule has 1 fully saturated rings. The molecule has 0 bridgehead atoms. The predicted octanol–water partition coefficient (Wildman–Crippen LogP) is 3.83. The Labute approximate surface area is 229 Å². The van der Waals surface area contributed by atoms with Crippen molar-refractivity contribution in [3.63, 3.8) is 0 Å². The Hall–Kier alpha value is -3.22. The van der Waals surface area contributed by atoms with Gasteiger partial charge in [-0.25, -0.2) is 0 Å². The first-order valence-corrected chi connectivity index (χ1v) is 13.7. The highest BCUT2D eigenvalue weighted by Crippen LogP contribution is 2.28. The summed E-state index contributed by atoms with van der Waals surface area (Å²) < 4.78 is 44.9. The van der Waals surface area contributed by atoms with Crippen LogP contribution in [0, 0.1) is 0 Å². The van der Waals surface area contributed by atoms with Crippen LogP contribution in [0.2, 0.25) is 0 Å². The van der Waals surface area contributed by atoms with E-state index in [2.05, 4.69) is 10.3 Å². The third-order valence-corrected chi connectivity index (χ3v) is 7.58. The molecule has 210 valence electrons. The summed E-state index contributed by atoms with van der Waals surface area (Å²) in [6.45, 7) is 0.324. The van der Waals surface area contributed by atoms with E-state index < -0.39 is 30.6 Å². The van der Waals surface area contributed by atoms with Crippen LogP contribution >= 0.6 is 11.3 Å². The first-order chi connectivity index (χ1) is 18.7. The molecule has 2 unspecified atom stereocenters. The number of amides is 2. The highest BCUT2D eigenvalue weighted by atomic mass is 32.1. The van der Waals surface area contributed by atoms with E-state index in [9.17, 15) is 22.8 Å². The number of rotatable bonds is 12. The number of aromatic nitrogens is 1. The minimum absolute atomic E-state index is 0.189. The minimum atomic E-state index is -4.52. The number of nitrogens with zero attached hydrogens (tertiary/aromatic N) is 3. The molecule has 2 amide bonds. The number of primary amides is 1. The van der Waals surface area contributed by atoms with Gasteiger partial charge in [0.05, 0.1) is 11.4 Å². The van der Waals surface area contributed by atoms with Crippen LogP contribution in [0.15, 0.2) is 58.6 Å². The Kier molecular flexibility index (Phi) is 9.76. The molecule has 3 aromatic rings. The summed E-state index contributed by atoms with van der Waals surface area (Å²) in [6, 6.07) is 10.4. The van der Waals surface area contributed by atoms with Gasteiger partial charge in [-0.3, -0.25) is 24.4 Å². The van der Waals surface area contributed by atoms with E-state index in [-0.39, 0.29) is 19.0 Å². The van der Waals surface area contributed by atoms with Gasteiger partial charge in [-0.2, -0.15) is 13.2 Å². The molecular weight excluding hydrogens is 531 g/mol. The van der Waals surface area contributed by atoms with Crippen molar-refractivity contribution in [1.82, 2.24) is 20.1 Å². The van der Waals surface area contributed by atoms with E-state index in [0.29, 0.717) is 38.9 Å². The molecule has 0 aromatic carbocycles. The van der Waals surface area contributed by atoms with Gasteiger partial charge in [0, 0.05) is 44.5 Å². The van der Waals surface area contributed by atoms with Crippen molar-refractivity contribution < 1.29 is 27.2 Å². The van der Waals surface area contributed by atoms with Crippen LogP contribution in [0.4, 0.5) is 13.2 Å². The molecule has 12 heteroatoms. The number of nitrogens with one attached hydrogen (secondary N) is 1. The van der Waals surface area contributed by atoms with Gasteiger partial charge in [-0.1, -0.05) is 12.1 Å². The molecule has 3 aromatic heterocycles. The molecule has 4 heterocycles. The highest BCUT2D eigenvalue weighted by molar-refractivity contribution is 7.13. The molecule has 8 nitrogen and oxygen atoms in total. The highest BCUT2D eigenvalue weighted by Gasteiger charge is 2.38. The van der Waals surface area contributed by atoms with Gasteiger partial charge in [0.15, 0.2) is 0 Å². The number of nitrogens with two attached hydrogens (primary N) is 1. The Balaban J connectivity index is 1.51. The molecule has 1 aliphatic heterocycles. The predicted molar refractivity (Wildman–Crippen MR) is 142 cm³/mol. The summed E-state index contributed by atoms with van der Waals surface area (Å²) in [5.74, 6) is 0.375. The number of furan rings is 1. The molecule has 0 saturated carbocycles. The van der Waals surface area contributed by atoms with Gasteiger partial charge in [-0.05, 0) is 54.5 Å². The zero-order chi connectivity index (χ0) is 27.8. The molecule has 0 spiro atoms. The van der Waals surface area contributed by atoms with Crippen LogP contribution in [0.5, 0.6) is 0 Å². The molecule has 3 N–H and O–H groups in total. The lowest BCUT2D eigenvalue weighted by Gasteiger charge is -2.44. The summed E-state index contributed by atoms with van der Waals surface area (Å²) in [5.41, 5.74) is 6.28. The SMILES string of the molecule is NC(=O)CCCC(Cc1cccnc1)N1CCN(Cc2ccc(-c3cccs3)o2)CC1C(=O)NCC(F)(F)F. The number of carbonyl (C=O) groups is 2. The van der Waals surface area contributed by atoms with Crippen LogP contribution in [-0.4, -0.2) is 71.0 Å². The normalized spacial score (nSPS) is 17.7. The fourth-order valence-corrected chi connectivity index (χ4v) is 5.58. The summed E-state index contributed by atoms with van der Waals surface area (Å²) in [6.07, 6.45) is 0.683. The summed E-state index contributed by atoms with van der Waals surface area (Å²) in [4.78, 5) is 33.7.